The molecule has 1 aromatic heterocycles. The molecule has 26 heavy (non-hydrogen) atoms. The van der Waals surface area contributed by atoms with Gasteiger partial charge in [-0.15, -0.1) is 11.3 Å². The maximum Gasteiger partial charge on any atom is 0.308 e. The van der Waals surface area contributed by atoms with Crippen molar-refractivity contribution >= 4 is 23.2 Å². The number of amides is 1. The van der Waals surface area contributed by atoms with E-state index in [-0.39, 0.29) is 12.5 Å². The highest BCUT2D eigenvalue weighted by atomic mass is 32.1. The van der Waals surface area contributed by atoms with Crippen LogP contribution in [0, 0.1) is 5.92 Å². The summed E-state index contributed by atoms with van der Waals surface area (Å²) in [5, 5.41) is 12.3. The van der Waals surface area contributed by atoms with Crippen molar-refractivity contribution in [3.63, 3.8) is 0 Å². The third kappa shape index (κ3) is 4.43. The summed E-state index contributed by atoms with van der Waals surface area (Å²) in [5.41, 5.74) is 2.18. The fraction of sp³-hybridized carbons (Fsp3) is 0.400. The highest BCUT2D eigenvalue weighted by molar-refractivity contribution is 7.14. The van der Waals surface area contributed by atoms with Crippen LogP contribution in [0.2, 0.25) is 0 Å². The van der Waals surface area contributed by atoms with Crippen molar-refractivity contribution in [2.45, 2.75) is 32.6 Å². The van der Waals surface area contributed by atoms with Crippen LogP contribution in [-0.2, 0) is 24.1 Å². The number of ether oxygens (including phenoxy) is 1. The summed E-state index contributed by atoms with van der Waals surface area (Å²) in [7, 11) is 0. The molecule has 6 heteroatoms. The number of aryl methyl sites for hydroxylation is 2. The molecule has 0 radical (unpaired) electrons. The molecule has 0 bridgehead atoms. The molecule has 1 aliphatic rings. The fourth-order valence-corrected chi connectivity index (χ4v) is 4.33. The minimum absolute atomic E-state index is 0.115. The Morgan fingerprint density at radius 2 is 2.04 bits per heavy atom. The Bertz CT molecular complexity index is 760. The molecule has 1 atom stereocenters. The summed E-state index contributed by atoms with van der Waals surface area (Å²) in [4.78, 5) is 25.9. The normalized spacial score (nSPS) is 13.9. The Kier molecular flexibility index (Phi) is 5.93. The van der Waals surface area contributed by atoms with E-state index in [0.29, 0.717) is 17.9 Å². The predicted octanol–water partition coefficient (Wildman–Crippen LogP) is 3.31. The molecule has 1 unspecified atom stereocenters. The molecule has 5 nitrogen and oxygen atoms in total. The lowest BCUT2D eigenvalue weighted by Gasteiger charge is -2.13. The van der Waals surface area contributed by atoms with Gasteiger partial charge in [-0.05, 0) is 61.9 Å². The third-order valence-electron chi connectivity index (χ3n) is 4.55. The van der Waals surface area contributed by atoms with Gasteiger partial charge in [0.25, 0.3) is 5.91 Å². The van der Waals surface area contributed by atoms with Gasteiger partial charge in [-0.1, -0.05) is 12.1 Å². The summed E-state index contributed by atoms with van der Waals surface area (Å²) in [6.07, 6.45) is 3.60. The molecule has 1 aliphatic carbocycles. The third-order valence-corrected chi connectivity index (χ3v) is 5.78. The first-order valence-corrected chi connectivity index (χ1v) is 9.72. The molecule has 0 saturated heterocycles. The SMILES string of the molecule is CCOc1ccc(CC(CNC(=O)c2cc3c(s2)CCC3)C(=O)O)cc1. The van der Waals surface area contributed by atoms with Crippen LogP contribution >= 0.6 is 11.3 Å². The van der Waals surface area contributed by atoms with E-state index in [1.54, 1.807) is 0 Å². The average molecular weight is 373 g/mol. The topological polar surface area (TPSA) is 75.6 Å². The molecule has 2 aromatic rings. The largest absolute Gasteiger partial charge is 0.494 e. The van der Waals surface area contributed by atoms with Crippen LogP contribution in [-0.4, -0.2) is 30.1 Å². The second-order valence-electron chi connectivity index (χ2n) is 6.44. The van der Waals surface area contributed by atoms with Crippen LogP contribution in [0.15, 0.2) is 30.3 Å². The minimum atomic E-state index is -0.909. The molecule has 0 saturated carbocycles. The lowest BCUT2D eigenvalue weighted by molar-refractivity contribution is -0.141. The maximum atomic E-state index is 12.3. The van der Waals surface area contributed by atoms with Crippen LogP contribution < -0.4 is 10.1 Å². The standard InChI is InChI=1S/C20H23NO4S/c1-2-25-16-8-6-13(7-9-16)10-15(20(23)24)12-21-19(22)18-11-14-4-3-5-17(14)26-18/h6-9,11,15H,2-5,10,12H2,1H3,(H,21,22)(H,23,24). The van der Waals surface area contributed by atoms with Crippen molar-refractivity contribution < 1.29 is 19.4 Å². The molecule has 3 rings (SSSR count). The Balaban J connectivity index is 1.57. The van der Waals surface area contributed by atoms with Crippen LogP contribution in [0.1, 0.15) is 39.0 Å². The maximum absolute atomic E-state index is 12.3. The molecular formula is C20H23NO4S. The van der Waals surface area contributed by atoms with Gasteiger partial charge in [0.15, 0.2) is 0 Å². The van der Waals surface area contributed by atoms with E-state index < -0.39 is 11.9 Å². The smallest absolute Gasteiger partial charge is 0.308 e. The molecule has 0 aliphatic heterocycles. The van der Waals surface area contributed by atoms with Gasteiger partial charge in [-0.25, -0.2) is 0 Å². The van der Waals surface area contributed by atoms with E-state index in [1.165, 1.54) is 21.8 Å². The van der Waals surface area contributed by atoms with Crippen LogP contribution in [0.25, 0.3) is 0 Å². The first-order valence-electron chi connectivity index (χ1n) is 8.91. The number of thiophene rings is 1. The van der Waals surface area contributed by atoms with Crippen LogP contribution in [0.5, 0.6) is 5.75 Å². The number of hydrogen-bond donors (Lipinski definition) is 2. The van der Waals surface area contributed by atoms with Crippen LogP contribution in [0.3, 0.4) is 0 Å². The molecular weight excluding hydrogens is 350 g/mol. The monoisotopic (exact) mass is 373 g/mol. The van der Waals surface area contributed by atoms with Gasteiger partial charge in [0.2, 0.25) is 0 Å². The number of carboxylic acids is 1. The van der Waals surface area contributed by atoms with Gasteiger partial charge in [0, 0.05) is 11.4 Å². The first-order chi connectivity index (χ1) is 12.6. The highest BCUT2D eigenvalue weighted by Crippen LogP contribution is 2.30. The van der Waals surface area contributed by atoms with Crippen molar-refractivity contribution in [1.29, 1.82) is 0 Å². The molecule has 138 valence electrons. The quantitative estimate of drug-likeness (QED) is 0.744. The number of carbonyl (C=O) groups is 2. The minimum Gasteiger partial charge on any atom is -0.494 e. The van der Waals surface area contributed by atoms with Crippen LogP contribution in [0.4, 0.5) is 0 Å². The van der Waals surface area contributed by atoms with E-state index in [4.69, 9.17) is 4.74 Å². The Morgan fingerprint density at radius 1 is 1.27 bits per heavy atom. The number of carboxylic acid groups (broad SMARTS) is 1. The molecule has 1 heterocycles. The summed E-state index contributed by atoms with van der Waals surface area (Å²) < 4.78 is 5.39. The summed E-state index contributed by atoms with van der Waals surface area (Å²) in [5.74, 6) is -0.985. The Morgan fingerprint density at radius 3 is 2.69 bits per heavy atom. The lowest BCUT2D eigenvalue weighted by Crippen LogP contribution is -2.33. The number of rotatable bonds is 8. The van der Waals surface area contributed by atoms with E-state index in [2.05, 4.69) is 5.32 Å². The van der Waals surface area contributed by atoms with Gasteiger partial charge >= 0.3 is 5.97 Å². The summed E-state index contributed by atoms with van der Waals surface area (Å²) >= 11 is 1.53. The van der Waals surface area contributed by atoms with Gasteiger partial charge in [-0.2, -0.15) is 0 Å². The zero-order valence-electron chi connectivity index (χ0n) is 14.8. The number of carbonyl (C=O) groups excluding carboxylic acids is 1. The number of nitrogens with one attached hydrogen (secondary N) is 1. The van der Waals surface area contributed by atoms with Gasteiger partial charge < -0.3 is 15.2 Å². The highest BCUT2D eigenvalue weighted by Gasteiger charge is 2.22. The average Bonchev–Trinajstić information content (AvgIpc) is 3.21. The Hall–Kier alpha value is -2.34. The van der Waals surface area contributed by atoms with E-state index in [0.717, 1.165) is 30.6 Å². The second kappa shape index (κ2) is 8.36. The molecule has 1 aromatic carbocycles. The predicted molar refractivity (Wildman–Crippen MR) is 101 cm³/mol. The van der Waals surface area contributed by atoms with E-state index >= 15 is 0 Å². The molecule has 2 N–H and O–H groups in total. The van der Waals surface area contributed by atoms with E-state index in [9.17, 15) is 14.7 Å². The number of aliphatic carboxylic acids is 1. The zero-order chi connectivity index (χ0) is 18.5. The van der Waals surface area contributed by atoms with Gasteiger partial charge in [0.1, 0.15) is 5.75 Å². The van der Waals surface area contributed by atoms with Crippen molar-refractivity contribution in [1.82, 2.24) is 5.32 Å². The molecule has 1 amide bonds. The zero-order valence-corrected chi connectivity index (χ0v) is 15.6. The number of benzene rings is 1. The van der Waals surface area contributed by atoms with Crippen molar-refractivity contribution in [3.05, 3.63) is 51.2 Å². The van der Waals surface area contributed by atoms with Crippen molar-refractivity contribution in [3.8, 4) is 5.75 Å². The molecule has 0 spiro atoms. The van der Waals surface area contributed by atoms with Crippen molar-refractivity contribution in [2.75, 3.05) is 13.2 Å². The fourth-order valence-electron chi connectivity index (χ4n) is 3.16. The van der Waals surface area contributed by atoms with E-state index in [1.807, 2.05) is 37.3 Å². The van der Waals surface area contributed by atoms with Crippen molar-refractivity contribution in [2.24, 2.45) is 5.92 Å². The Labute approximate surface area is 157 Å². The molecule has 0 fully saturated rings. The lowest BCUT2D eigenvalue weighted by atomic mass is 9.99. The number of hydrogen-bond acceptors (Lipinski definition) is 4. The number of fused-ring (bicyclic) bond motifs is 1. The second-order valence-corrected chi connectivity index (χ2v) is 7.58. The summed E-state index contributed by atoms with van der Waals surface area (Å²) in [6, 6.07) is 9.36. The summed E-state index contributed by atoms with van der Waals surface area (Å²) in [6.45, 7) is 2.62. The first kappa shape index (κ1) is 18.5. The van der Waals surface area contributed by atoms with Gasteiger partial charge in [-0.3, -0.25) is 9.59 Å². The van der Waals surface area contributed by atoms with Gasteiger partial charge in [0.05, 0.1) is 17.4 Å².